The third kappa shape index (κ3) is 3.61. The zero-order valence-corrected chi connectivity index (χ0v) is 10.8. The number of phenolic OH excluding ortho intramolecular Hbond substituents is 2. The number of hydrogen-bond acceptors (Lipinski definition) is 4. The molecule has 0 spiro atoms. The van der Waals surface area contributed by atoms with Crippen LogP contribution >= 0.6 is 11.8 Å². The summed E-state index contributed by atoms with van der Waals surface area (Å²) < 4.78 is 0.173. The van der Waals surface area contributed by atoms with E-state index < -0.39 is 0 Å². The van der Waals surface area contributed by atoms with Crippen LogP contribution < -0.4 is 5.32 Å². The van der Waals surface area contributed by atoms with E-state index in [1.807, 2.05) is 0 Å². The highest BCUT2D eigenvalue weighted by atomic mass is 32.2. The summed E-state index contributed by atoms with van der Waals surface area (Å²) in [6.45, 7) is 5.73. The summed E-state index contributed by atoms with van der Waals surface area (Å²) in [4.78, 5) is 0. The van der Waals surface area contributed by atoms with Crippen molar-refractivity contribution in [3.63, 3.8) is 0 Å². The van der Waals surface area contributed by atoms with Gasteiger partial charge in [0.1, 0.15) is 0 Å². The third-order valence-electron chi connectivity index (χ3n) is 2.52. The monoisotopic (exact) mass is 241 g/mol. The van der Waals surface area contributed by atoms with Gasteiger partial charge in [0.15, 0.2) is 11.5 Å². The fraction of sp³-hybridized carbons (Fsp3) is 0.500. The molecule has 0 heterocycles. The number of hydrogen-bond donors (Lipinski definition) is 3. The van der Waals surface area contributed by atoms with E-state index in [9.17, 15) is 10.2 Å². The van der Waals surface area contributed by atoms with Gasteiger partial charge in [-0.25, -0.2) is 0 Å². The highest BCUT2D eigenvalue weighted by molar-refractivity contribution is 7.99. The van der Waals surface area contributed by atoms with E-state index in [1.54, 1.807) is 23.9 Å². The van der Waals surface area contributed by atoms with Gasteiger partial charge in [0.25, 0.3) is 0 Å². The Balaban J connectivity index is 2.53. The van der Waals surface area contributed by atoms with E-state index in [2.05, 4.69) is 25.4 Å². The topological polar surface area (TPSA) is 52.5 Å². The minimum atomic E-state index is -0.0663. The smallest absolute Gasteiger partial charge is 0.161 e. The van der Waals surface area contributed by atoms with Gasteiger partial charge in [0, 0.05) is 23.4 Å². The van der Waals surface area contributed by atoms with Gasteiger partial charge in [0.05, 0.1) is 0 Å². The molecule has 0 aliphatic rings. The van der Waals surface area contributed by atoms with Crippen molar-refractivity contribution < 1.29 is 10.2 Å². The molecular formula is C12H19NO2S. The molecule has 0 radical (unpaired) electrons. The molecule has 4 heteroatoms. The molecule has 0 saturated heterocycles. The van der Waals surface area contributed by atoms with Gasteiger partial charge in [-0.3, -0.25) is 0 Å². The molecule has 0 amide bonds. The summed E-state index contributed by atoms with van der Waals surface area (Å²) in [5.74, 6) is -0.0969. The number of phenols is 2. The van der Waals surface area contributed by atoms with Gasteiger partial charge < -0.3 is 15.5 Å². The van der Waals surface area contributed by atoms with Crippen molar-refractivity contribution in [2.24, 2.45) is 0 Å². The minimum absolute atomic E-state index is 0.0306. The molecule has 0 unspecified atom stereocenters. The molecule has 0 aromatic heterocycles. The third-order valence-corrected chi connectivity index (χ3v) is 3.77. The molecular weight excluding hydrogens is 222 g/mol. The van der Waals surface area contributed by atoms with Gasteiger partial charge in [0.2, 0.25) is 0 Å². The quantitative estimate of drug-likeness (QED) is 0.693. The van der Waals surface area contributed by atoms with E-state index in [1.165, 1.54) is 6.07 Å². The lowest BCUT2D eigenvalue weighted by atomic mass is 10.1. The highest BCUT2D eigenvalue weighted by Gasteiger charge is 2.15. The molecule has 3 nitrogen and oxygen atoms in total. The summed E-state index contributed by atoms with van der Waals surface area (Å²) in [6, 6.07) is 5.00. The van der Waals surface area contributed by atoms with Crippen molar-refractivity contribution in [2.75, 3.05) is 12.8 Å². The van der Waals surface area contributed by atoms with Gasteiger partial charge in [-0.15, -0.1) is 0 Å². The first-order valence-corrected chi connectivity index (χ1v) is 6.44. The Labute approximate surface area is 101 Å². The van der Waals surface area contributed by atoms with Crippen LogP contribution in [0.4, 0.5) is 0 Å². The van der Waals surface area contributed by atoms with Crippen LogP contribution in [0, 0.1) is 0 Å². The summed E-state index contributed by atoms with van der Waals surface area (Å²) in [5, 5.41) is 22.2. The van der Waals surface area contributed by atoms with Crippen molar-refractivity contribution in [3.8, 4) is 11.5 Å². The Morgan fingerprint density at radius 3 is 2.62 bits per heavy atom. The van der Waals surface area contributed by atoms with Crippen molar-refractivity contribution in [3.05, 3.63) is 23.8 Å². The average Bonchev–Trinajstić information content (AvgIpc) is 2.24. The molecule has 16 heavy (non-hydrogen) atoms. The first-order chi connectivity index (χ1) is 7.46. The Hall–Kier alpha value is -0.870. The van der Waals surface area contributed by atoms with Crippen LogP contribution in [0.5, 0.6) is 11.5 Å². The predicted molar refractivity (Wildman–Crippen MR) is 69.1 cm³/mol. The fourth-order valence-electron chi connectivity index (χ4n) is 1.29. The normalized spacial score (nSPS) is 11.7. The maximum absolute atomic E-state index is 9.59. The molecule has 1 aromatic carbocycles. The lowest BCUT2D eigenvalue weighted by molar-refractivity contribution is 0.397. The van der Waals surface area contributed by atoms with Crippen LogP contribution in [0.15, 0.2) is 18.2 Å². The molecule has 3 N–H and O–H groups in total. The average molecular weight is 241 g/mol. The van der Waals surface area contributed by atoms with Crippen LogP contribution in [-0.4, -0.2) is 27.8 Å². The van der Waals surface area contributed by atoms with Crippen LogP contribution in [-0.2, 0) is 6.54 Å². The van der Waals surface area contributed by atoms with Crippen molar-refractivity contribution >= 4 is 11.8 Å². The molecule has 0 atom stereocenters. The van der Waals surface area contributed by atoms with Crippen LogP contribution in [0.25, 0.3) is 0 Å². The Bertz CT molecular complexity index is 353. The second-order valence-electron chi connectivity index (χ2n) is 4.35. The van der Waals surface area contributed by atoms with E-state index in [-0.39, 0.29) is 16.2 Å². The standard InChI is InChI=1S/C12H19NO2S/c1-12(2,16-3)8-13-7-9-5-4-6-10(14)11(9)15/h4-6,13-15H,7-8H2,1-3H3. The van der Waals surface area contributed by atoms with E-state index in [4.69, 9.17) is 0 Å². The highest BCUT2D eigenvalue weighted by Crippen LogP contribution is 2.28. The van der Waals surface area contributed by atoms with E-state index >= 15 is 0 Å². The number of nitrogens with one attached hydrogen (secondary N) is 1. The van der Waals surface area contributed by atoms with Gasteiger partial charge in [-0.1, -0.05) is 12.1 Å². The first kappa shape index (κ1) is 13.2. The predicted octanol–water partition coefficient (Wildman–Crippen LogP) is 2.33. The number of rotatable bonds is 5. The Morgan fingerprint density at radius 2 is 2.00 bits per heavy atom. The van der Waals surface area contributed by atoms with Crippen LogP contribution in [0.3, 0.4) is 0 Å². The molecule has 1 rings (SSSR count). The van der Waals surface area contributed by atoms with Crippen molar-refractivity contribution in [2.45, 2.75) is 25.1 Å². The summed E-state index contributed by atoms with van der Waals surface area (Å²) in [6.07, 6.45) is 2.08. The second kappa shape index (κ2) is 5.46. The molecule has 0 bridgehead atoms. The molecule has 0 aliphatic heterocycles. The Morgan fingerprint density at radius 1 is 1.31 bits per heavy atom. The van der Waals surface area contributed by atoms with Gasteiger partial charge in [-0.05, 0) is 26.2 Å². The van der Waals surface area contributed by atoms with Gasteiger partial charge in [-0.2, -0.15) is 11.8 Å². The minimum Gasteiger partial charge on any atom is -0.504 e. The number of para-hydroxylation sites is 1. The first-order valence-electron chi connectivity index (χ1n) is 5.22. The summed E-state index contributed by atoms with van der Waals surface area (Å²) in [5.41, 5.74) is 0.719. The van der Waals surface area contributed by atoms with Crippen LogP contribution in [0.2, 0.25) is 0 Å². The zero-order chi connectivity index (χ0) is 12.2. The van der Waals surface area contributed by atoms with Gasteiger partial charge >= 0.3 is 0 Å². The molecule has 0 aliphatic carbocycles. The number of aromatic hydroxyl groups is 2. The van der Waals surface area contributed by atoms with Crippen molar-refractivity contribution in [1.82, 2.24) is 5.32 Å². The summed E-state index contributed by atoms with van der Waals surface area (Å²) in [7, 11) is 0. The molecule has 1 aromatic rings. The summed E-state index contributed by atoms with van der Waals surface area (Å²) >= 11 is 1.80. The zero-order valence-electron chi connectivity index (χ0n) is 9.95. The number of thioether (sulfide) groups is 1. The van der Waals surface area contributed by atoms with Crippen LogP contribution in [0.1, 0.15) is 19.4 Å². The lowest BCUT2D eigenvalue weighted by Crippen LogP contribution is -2.31. The SMILES string of the molecule is CSC(C)(C)CNCc1cccc(O)c1O. The lowest BCUT2D eigenvalue weighted by Gasteiger charge is -2.22. The largest absolute Gasteiger partial charge is 0.504 e. The van der Waals surface area contributed by atoms with E-state index in [0.29, 0.717) is 6.54 Å². The second-order valence-corrected chi connectivity index (χ2v) is 5.87. The maximum Gasteiger partial charge on any atom is 0.161 e. The van der Waals surface area contributed by atoms with E-state index in [0.717, 1.165) is 12.1 Å². The molecule has 0 saturated carbocycles. The molecule has 0 fully saturated rings. The maximum atomic E-state index is 9.59. The fourth-order valence-corrected chi connectivity index (χ4v) is 1.54. The molecule has 90 valence electrons. The number of benzene rings is 1. The Kier molecular flexibility index (Phi) is 4.50. The van der Waals surface area contributed by atoms with Crippen molar-refractivity contribution in [1.29, 1.82) is 0 Å².